The SMILES string of the molecule is C=CCOC(C)CN1CCC2(C)c3ccc(C)c(O)c3C[C@@H]1C2(C)C. The van der Waals surface area contributed by atoms with E-state index in [2.05, 4.69) is 51.3 Å². The van der Waals surface area contributed by atoms with E-state index in [-0.39, 0.29) is 16.9 Å². The molecule has 2 aliphatic rings. The van der Waals surface area contributed by atoms with Crippen molar-refractivity contribution in [2.75, 3.05) is 19.7 Å². The van der Waals surface area contributed by atoms with Crippen LogP contribution in [-0.2, 0) is 16.6 Å². The van der Waals surface area contributed by atoms with Crippen LogP contribution in [0.4, 0.5) is 0 Å². The number of phenols is 1. The van der Waals surface area contributed by atoms with Crippen LogP contribution in [0.1, 0.15) is 50.8 Å². The summed E-state index contributed by atoms with van der Waals surface area (Å²) in [6.45, 7) is 17.7. The van der Waals surface area contributed by atoms with E-state index in [0.29, 0.717) is 18.4 Å². The number of ether oxygens (including phenoxy) is 1. The standard InChI is InChI=1S/C22H33NO2/c1-7-12-25-16(3)14-23-11-10-22(6)18-9-8-15(2)20(24)17(18)13-19(23)21(22,4)5/h7-9,16,19,24H,1,10-14H2,2-6H3/t16?,19-,22?/m1/s1. The third kappa shape index (κ3) is 2.82. The Hall–Kier alpha value is -1.32. The summed E-state index contributed by atoms with van der Waals surface area (Å²) in [5.41, 5.74) is 3.74. The van der Waals surface area contributed by atoms with Gasteiger partial charge in [0.15, 0.2) is 0 Å². The molecule has 0 amide bonds. The van der Waals surface area contributed by atoms with Crippen LogP contribution in [0.15, 0.2) is 24.8 Å². The van der Waals surface area contributed by atoms with Gasteiger partial charge in [0.05, 0.1) is 12.7 Å². The van der Waals surface area contributed by atoms with Crippen LogP contribution in [0.3, 0.4) is 0 Å². The molecule has 0 aromatic heterocycles. The van der Waals surface area contributed by atoms with Gasteiger partial charge < -0.3 is 9.84 Å². The Morgan fingerprint density at radius 1 is 1.40 bits per heavy atom. The summed E-state index contributed by atoms with van der Waals surface area (Å²) >= 11 is 0. The highest BCUT2D eigenvalue weighted by molar-refractivity contribution is 5.52. The third-order valence-corrected chi connectivity index (χ3v) is 7.06. The van der Waals surface area contributed by atoms with Gasteiger partial charge in [-0.15, -0.1) is 6.58 Å². The fourth-order valence-corrected chi connectivity index (χ4v) is 5.04. The normalized spacial score (nSPS) is 29.1. The summed E-state index contributed by atoms with van der Waals surface area (Å²) in [7, 11) is 0. The first kappa shape index (κ1) is 18.5. The Labute approximate surface area is 152 Å². The molecule has 3 rings (SSSR count). The average molecular weight is 344 g/mol. The van der Waals surface area contributed by atoms with E-state index in [1.165, 1.54) is 5.56 Å². The number of nitrogens with zero attached hydrogens (tertiary/aromatic N) is 1. The van der Waals surface area contributed by atoms with Gasteiger partial charge in [0.2, 0.25) is 0 Å². The van der Waals surface area contributed by atoms with E-state index in [1.807, 2.05) is 13.0 Å². The monoisotopic (exact) mass is 343 g/mol. The molecule has 1 aliphatic heterocycles. The van der Waals surface area contributed by atoms with E-state index in [1.54, 1.807) is 0 Å². The van der Waals surface area contributed by atoms with Crippen molar-refractivity contribution in [1.82, 2.24) is 4.90 Å². The van der Waals surface area contributed by atoms with Crippen molar-refractivity contribution in [2.24, 2.45) is 5.41 Å². The van der Waals surface area contributed by atoms with E-state index < -0.39 is 0 Å². The first-order valence-electron chi connectivity index (χ1n) is 9.51. The summed E-state index contributed by atoms with van der Waals surface area (Å²) in [5.74, 6) is 0.502. The molecule has 1 heterocycles. The van der Waals surface area contributed by atoms with E-state index in [0.717, 1.165) is 37.1 Å². The molecule has 3 atom stereocenters. The summed E-state index contributed by atoms with van der Waals surface area (Å²) in [4.78, 5) is 2.58. The number of piperidine rings is 1. The molecule has 2 unspecified atom stereocenters. The number of phenolic OH excluding ortho intramolecular Hbond substituents is 1. The van der Waals surface area contributed by atoms with Crippen LogP contribution in [0, 0.1) is 12.3 Å². The number of aromatic hydroxyl groups is 1. The van der Waals surface area contributed by atoms with Crippen LogP contribution >= 0.6 is 0 Å². The molecule has 138 valence electrons. The summed E-state index contributed by atoms with van der Waals surface area (Å²) in [5, 5.41) is 10.7. The van der Waals surface area contributed by atoms with Gasteiger partial charge in [-0.1, -0.05) is 39.0 Å². The number of hydrogen-bond donors (Lipinski definition) is 1. The number of fused-ring (bicyclic) bond motifs is 4. The smallest absolute Gasteiger partial charge is 0.122 e. The van der Waals surface area contributed by atoms with Crippen molar-refractivity contribution >= 4 is 0 Å². The number of benzene rings is 1. The van der Waals surface area contributed by atoms with Gasteiger partial charge in [-0.2, -0.15) is 0 Å². The largest absolute Gasteiger partial charge is 0.507 e. The maximum Gasteiger partial charge on any atom is 0.122 e. The molecule has 1 aromatic carbocycles. The molecule has 0 radical (unpaired) electrons. The number of hydrogen-bond acceptors (Lipinski definition) is 3. The Kier molecular flexibility index (Phi) is 4.76. The highest BCUT2D eigenvalue weighted by atomic mass is 16.5. The Bertz CT molecular complexity index is 666. The van der Waals surface area contributed by atoms with Crippen LogP contribution in [0.25, 0.3) is 0 Å². The highest BCUT2D eigenvalue weighted by Gasteiger charge is 2.56. The van der Waals surface area contributed by atoms with Gasteiger partial charge in [0.1, 0.15) is 5.75 Å². The molecular weight excluding hydrogens is 310 g/mol. The average Bonchev–Trinajstić information content (AvgIpc) is 2.55. The van der Waals surface area contributed by atoms with Gasteiger partial charge in [-0.05, 0) is 55.3 Å². The van der Waals surface area contributed by atoms with Crippen LogP contribution in [0.5, 0.6) is 5.75 Å². The molecule has 1 aliphatic carbocycles. The zero-order valence-electron chi connectivity index (χ0n) is 16.4. The van der Waals surface area contributed by atoms with Gasteiger partial charge in [-0.3, -0.25) is 4.90 Å². The van der Waals surface area contributed by atoms with Crippen molar-refractivity contribution in [3.8, 4) is 5.75 Å². The first-order chi connectivity index (χ1) is 11.7. The molecule has 1 saturated heterocycles. The molecule has 0 saturated carbocycles. The Balaban J connectivity index is 1.95. The Morgan fingerprint density at radius 3 is 2.80 bits per heavy atom. The van der Waals surface area contributed by atoms with Crippen molar-refractivity contribution in [3.05, 3.63) is 41.5 Å². The van der Waals surface area contributed by atoms with Gasteiger partial charge in [0.25, 0.3) is 0 Å². The predicted octanol–water partition coefficient (Wildman–Crippen LogP) is 4.21. The lowest BCUT2D eigenvalue weighted by Crippen LogP contribution is -2.64. The first-order valence-corrected chi connectivity index (χ1v) is 9.51. The molecule has 1 fully saturated rings. The lowest BCUT2D eigenvalue weighted by atomic mass is 9.51. The molecule has 0 spiro atoms. The van der Waals surface area contributed by atoms with Crippen molar-refractivity contribution in [3.63, 3.8) is 0 Å². The van der Waals surface area contributed by atoms with Gasteiger partial charge >= 0.3 is 0 Å². The fourth-order valence-electron chi connectivity index (χ4n) is 5.04. The number of rotatable bonds is 5. The van der Waals surface area contributed by atoms with E-state index in [9.17, 15) is 5.11 Å². The van der Waals surface area contributed by atoms with Gasteiger partial charge in [-0.25, -0.2) is 0 Å². The molecule has 25 heavy (non-hydrogen) atoms. The van der Waals surface area contributed by atoms with Crippen molar-refractivity contribution in [1.29, 1.82) is 0 Å². The highest BCUT2D eigenvalue weighted by Crippen LogP contribution is 2.57. The van der Waals surface area contributed by atoms with Crippen LogP contribution in [0.2, 0.25) is 0 Å². The second kappa shape index (κ2) is 6.44. The quantitative estimate of drug-likeness (QED) is 0.813. The molecule has 3 nitrogen and oxygen atoms in total. The maximum absolute atomic E-state index is 10.7. The molecule has 1 aromatic rings. The summed E-state index contributed by atoms with van der Waals surface area (Å²) < 4.78 is 5.83. The number of aryl methyl sites for hydroxylation is 1. The predicted molar refractivity (Wildman–Crippen MR) is 103 cm³/mol. The second-order valence-corrected chi connectivity index (χ2v) is 8.71. The topological polar surface area (TPSA) is 32.7 Å². The van der Waals surface area contributed by atoms with Crippen LogP contribution < -0.4 is 0 Å². The lowest BCUT2D eigenvalue weighted by molar-refractivity contribution is -0.0602. The molecule has 1 N–H and O–H groups in total. The lowest BCUT2D eigenvalue weighted by Gasteiger charge is -2.61. The second-order valence-electron chi connectivity index (χ2n) is 8.71. The van der Waals surface area contributed by atoms with E-state index in [4.69, 9.17) is 4.74 Å². The minimum Gasteiger partial charge on any atom is -0.507 e. The minimum atomic E-state index is 0.0954. The van der Waals surface area contributed by atoms with E-state index >= 15 is 0 Å². The molecule has 3 heteroatoms. The third-order valence-electron chi connectivity index (χ3n) is 7.06. The van der Waals surface area contributed by atoms with Gasteiger partial charge in [0, 0.05) is 18.0 Å². The summed E-state index contributed by atoms with van der Waals surface area (Å²) in [6.07, 6.45) is 4.02. The fraction of sp³-hybridized carbons (Fsp3) is 0.636. The molecule has 2 bridgehead atoms. The zero-order valence-corrected chi connectivity index (χ0v) is 16.4. The maximum atomic E-state index is 10.7. The minimum absolute atomic E-state index is 0.0954. The zero-order chi connectivity index (χ0) is 18.4. The molecular formula is C22H33NO2. The Morgan fingerprint density at radius 2 is 2.12 bits per heavy atom. The van der Waals surface area contributed by atoms with Crippen molar-refractivity contribution < 1.29 is 9.84 Å². The summed E-state index contributed by atoms with van der Waals surface area (Å²) in [6, 6.07) is 4.75. The number of likely N-dealkylation sites (tertiary alicyclic amines) is 1. The van der Waals surface area contributed by atoms with Crippen molar-refractivity contribution in [2.45, 2.75) is 65.0 Å². The van der Waals surface area contributed by atoms with Crippen LogP contribution in [-0.4, -0.2) is 41.8 Å².